The van der Waals surface area contributed by atoms with E-state index in [9.17, 15) is 22.8 Å². The van der Waals surface area contributed by atoms with E-state index in [0.717, 1.165) is 22.2 Å². The van der Waals surface area contributed by atoms with E-state index in [1.807, 2.05) is 45.0 Å². The van der Waals surface area contributed by atoms with Crippen molar-refractivity contribution in [3.05, 3.63) is 113 Å². The van der Waals surface area contributed by atoms with Crippen LogP contribution in [0.3, 0.4) is 0 Å². The summed E-state index contributed by atoms with van der Waals surface area (Å²) in [4.78, 5) is 43.4. The van der Waals surface area contributed by atoms with Crippen LogP contribution < -0.4 is 16.0 Å². The summed E-state index contributed by atoms with van der Waals surface area (Å²) in [6.45, 7) is 10.9. The van der Waals surface area contributed by atoms with Crippen LogP contribution in [0.15, 0.2) is 95.9 Å². The summed E-state index contributed by atoms with van der Waals surface area (Å²) in [7, 11) is -3.42. The number of nitrogens with one attached hydrogen (secondary N) is 3. The predicted octanol–water partition coefficient (Wildman–Crippen LogP) is 6.37. The highest BCUT2D eigenvalue weighted by atomic mass is 32.2. The Hall–Kier alpha value is -5.29. The van der Waals surface area contributed by atoms with E-state index in [1.165, 1.54) is 31.2 Å². The molecule has 3 N–H and O–H groups in total. The second-order valence-electron chi connectivity index (χ2n) is 12.4. The number of nitrogens with zero attached hydrogens (tertiary/aromatic N) is 2. The third-order valence-corrected chi connectivity index (χ3v) is 10.0. The molecule has 4 aromatic carbocycles. The predicted molar refractivity (Wildman–Crippen MR) is 192 cm³/mol. The normalized spacial score (nSPS) is 12.8. The lowest BCUT2D eigenvalue weighted by molar-refractivity contribution is -0.125. The molecule has 0 spiro atoms. The third kappa shape index (κ3) is 7.89. The Balaban J connectivity index is 1.47. The maximum atomic E-state index is 13.4. The van der Waals surface area contributed by atoms with Crippen LogP contribution in [-0.4, -0.2) is 47.5 Å². The smallest absolute Gasteiger partial charge is 0.251 e. The summed E-state index contributed by atoms with van der Waals surface area (Å²) in [6.07, 6.45) is 0. The molecule has 0 aliphatic rings. The van der Waals surface area contributed by atoms with Gasteiger partial charge in [0.1, 0.15) is 11.9 Å². The molecule has 3 amide bonds. The van der Waals surface area contributed by atoms with E-state index in [-0.39, 0.29) is 28.6 Å². The maximum absolute atomic E-state index is 13.4. The van der Waals surface area contributed by atoms with Crippen LogP contribution in [0.1, 0.15) is 73.8 Å². The topological polar surface area (TPSA) is 139 Å². The number of carbonyl (C=O) groups is 3. The van der Waals surface area contributed by atoms with E-state index in [0.29, 0.717) is 28.2 Å². The van der Waals surface area contributed by atoms with Crippen LogP contribution >= 0.6 is 0 Å². The number of amides is 3. The highest BCUT2D eigenvalue weighted by Crippen LogP contribution is 2.33. The first-order chi connectivity index (χ1) is 23.3. The van der Waals surface area contributed by atoms with Crippen LogP contribution in [-0.2, 0) is 19.4 Å². The quantitative estimate of drug-likeness (QED) is 0.148. The van der Waals surface area contributed by atoms with E-state index in [1.54, 1.807) is 25.1 Å². The van der Waals surface area contributed by atoms with Crippen LogP contribution in [0.25, 0.3) is 22.4 Å². The molecule has 10 nitrogen and oxygen atoms in total. The zero-order chi connectivity index (χ0) is 35.5. The van der Waals surface area contributed by atoms with Gasteiger partial charge in [0.25, 0.3) is 11.8 Å². The number of fused-ring (bicyclic) bond motifs is 1. The highest BCUT2D eigenvalue weighted by Gasteiger charge is 2.24. The lowest BCUT2D eigenvalue weighted by Crippen LogP contribution is -2.35. The summed E-state index contributed by atoms with van der Waals surface area (Å²) in [5.74, 6) is -0.413. The third-order valence-electron chi connectivity index (χ3n) is 8.29. The van der Waals surface area contributed by atoms with Gasteiger partial charge in [0, 0.05) is 29.8 Å². The first-order valence-electron chi connectivity index (χ1n) is 16.2. The van der Waals surface area contributed by atoms with Gasteiger partial charge in [-0.15, -0.1) is 0 Å². The van der Waals surface area contributed by atoms with Crippen molar-refractivity contribution in [3.63, 3.8) is 0 Å². The van der Waals surface area contributed by atoms with Gasteiger partial charge in [-0.3, -0.25) is 14.4 Å². The Bertz CT molecular complexity index is 2100. The van der Waals surface area contributed by atoms with Crippen molar-refractivity contribution in [1.82, 2.24) is 20.2 Å². The van der Waals surface area contributed by atoms with Gasteiger partial charge < -0.3 is 20.5 Å². The number of aryl methyl sites for hydroxylation is 1. The fourth-order valence-electron chi connectivity index (χ4n) is 5.63. The Kier molecular flexibility index (Phi) is 10.3. The molecule has 0 saturated heterocycles. The van der Waals surface area contributed by atoms with E-state index >= 15 is 0 Å². The number of anilines is 1. The number of imidazole rings is 1. The van der Waals surface area contributed by atoms with Gasteiger partial charge in [-0.1, -0.05) is 48.9 Å². The van der Waals surface area contributed by atoms with Crippen LogP contribution in [0.4, 0.5) is 5.69 Å². The minimum absolute atomic E-state index is 0.00411. The lowest BCUT2D eigenvalue weighted by atomic mass is 10.0. The van der Waals surface area contributed by atoms with Crippen molar-refractivity contribution in [2.45, 2.75) is 64.6 Å². The first-order valence-corrected chi connectivity index (χ1v) is 17.8. The molecule has 0 bridgehead atoms. The van der Waals surface area contributed by atoms with Gasteiger partial charge in [-0.05, 0) is 93.4 Å². The monoisotopic (exact) mass is 679 g/mol. The average Bonchev–Trinajstić information content (AvgIpc) is 3.46. The second kappa shape index (κ2) is 14.4. The van der Waals surface area contributed by atoms with Crippen molar-refractivity contribution in [2.24, 2.45) is 0 Å². The van der Waals surface area contributed by atoms with Crippen molar-refractivity contribution < 1.29 is 22.8 Å². The largest absolute Gasteiger partial charge is 0.350 e. The molecular formula is C38H41N5O5S. The van der Waals surface area contributed by atoms with Crippen LogP contribution in [0, 0.1) is 6.92 Å². The van der Waals surface area contributed by atoms with E-state index in [2.05, 4.69) is 51.7 Å². The lowest BCUT2D eigenvalue weighted by Gasteiger charge is -2.20. The standard InChI is InChI=1S/C38H41N5O5S/c1-7-49(47,48)32-19-14-28(15-20-32)35(40-26(6)44)38(46)41-31-17-12-29(13-18-31)36-42-33-22-30(37(45)39-23(2)3)16-21-34(33)43(36)25(5)27-10-8-24(4)9-11-27/h8-23,25,35H,7H2,1-6H3,(H,39,45)(H,40,44)(H,41,46). The fraction of sp³-hybridized carbons (Fsp3) is 0.263. The minimum Gasteiger partial charge on any atom is -0.350 e. The molecule has 0 radical (unpaired) electrons. The van der Waals surface area contributed by atoms with Gasteiger partial charge in [-0.25, -0.2) is 13.4 Å². The van der Waals surface area contributed by atoms with Crippen LogP contribution in [0.2, 0.25) is 0 Å². The molecule has 11 heteroatoms. The molecule has 2 unspecified atom stereocenters. The minimum atomic E-state index is -3.42. The molecule has 5 rings (SSSR count). The van der Waals surface area contributed by atoms with Gasteiger partial charge >= 0.3 is 0 Å². The van der Waals surface area contributed by atoms with Crippen molar-refractivity contribution in [2.75, 3.05) is 11.1 Å². The zero-order valence-electron chi connectivity index (χ0n) is 28.4. The summed E-state index contributed by atoms with van der Waals surface area (Å²) >= 11 is 0. The van der Waals surface area contributed by atoms with Gasteiger partial charge in [0.05, 0.1) is 27.7 Å². The van der Waals surface area contributed by atoms with Gasteiger partial charge in [0.2, 0.25) is 5.91 Å². The molecule has 49 heavy (non-hydrogen) atoms. The Labute approximate surface area is 286 Å². The Morgan fingerprint density at radius 3 is 2.04 bits per heavy atom. The van der Waals surface area contributed by atoms with E-state index < -0.39 is 27.7 Å². The van der Waals surface area contributed by atoms with Crippen molar-refractivity contribution in [3.8, 4) is 11.4 Å². The summed E-state index contributed by atoms with van der Waals surface area (Å²) in [6, 6.07) is 25.9. The van der Waals surface area contributed by atoms with Gasteiger partial charge in [-0.2, -0.15) is 0 Å². The number of benzene rings is 4. The number of carbonyl (C=O) groups excluding carboxylic acids is 3. The number of aromatic nitrogens is 2. The number of hydrogen-bond acceptors (Lipinski definition) is 6. The molecule has 1 aromatic heterocycles. The second-order valence-corrected chi connectivity index (χ2v) is 14.7. The molecule has 0 aliphatic heterocycles. The summed E-state index contributed by atoms with van der Waals surface area (Å²) in [5, 5.41) is 8.46. The molecule has 0 aliphatic carbocycles. The summed E-state index contributed by atoms with van der Waals surface area (Å²) in [5.41, 5.74) is 6.07. The van der Waals surface area contributed by atoms with Crippen molar-refractivity contribution in [1.29, 1.82) is 0 Å². The zero-order valence-corrected chi connectivity index (χ0v) is 29.3. The first kappa shape index (κ1) is 35.0. The average molecular weight is 680 g/mol. The molecule has 0 saturated carbocycles. The molecule has 1 heterocycles. The molecule has 5 aromatic rings. The molecular weight excluding hydrogens is 639 g/mol. The number of rotatable bonds is 11. The van der Waals surface area contributed by atoms with E-state index in [4.69, 9.17) is 4.98 Å². The SMILES string of the molecule is CCS(=O)(=O)c1ccc(C(NC(C)=O)C(=O)Nc2ccc(-c3nc4cc(C(=O)NC(C)C)ccc4n3C(C)c3ccc(C)cc3)cc2)cc1. The molecule has 0 fully saturated rings. The highest BCUT2D eigenvalue weighted by molar-refractivity contribution is 7.91. The summed E-state index contributed by atoms with van der Waals surface area (Å²) < 4.78 is 26.7. The molecule has 2 atom stereocenters. The van der Waals surface area contributed by atoms with Crippen LogP contribution in [0.5, 0.6) is 0 Å². The molecule has 254 valence electrons. The maximum Gasteiger partial charge on any atom is 0.251 e. The van der Waals surface area contributed by atoms with Gasteiger partial charge in [0.15, 0.2) is 9.84 Å². The Morgan fingerprint density at radius 1 is 0.816 bits per heavy atom. The fourth-order valence-corrected chi connectivity index (χ4v) is 6.51. The van der Waals surface area contributed by atoms with Crippen molar-refractivity contribution >= 4 is 44.3 Å². The number of hydrogen-bond donors (Lipinski definition) is 3. The Morgan fingerprint density at radius 2 is 1.45 bits per heavy atom. The number of sulfone groups is 1.